The number of hydrogen-bond acceptors (Lipinski definition) is 3. The maximum atomic E-state index is 11.1. The number of carbonyl (C=O) groups excluding carboxylic acids is 1. The van der Waals surface area contributed by atoms with Crippen molar-refractivity contribution in [2.45, 2.75) is 25.9 Å². The van der Waals surface area contributed by atoms with E-state index in [-0.39, 0.29) is 0 Å². The molecular formula is C21H27N5O. The predicted molar refractivity (Wildman–Crippen MR) is 110 cm³/mol. The van der Waals surface area contributed by atoms with Crippen molar-refractivity contribution < 1.29 is 4.79 Å². The molecule has 2 aromatic carbocycles. The number of nitrogens with one attached hydrogen (secondary N) is 2. The van der Waals surface area contributed by atoms with Crippen LogP contribution in [-0.2, 0) is 6.54 Å². The lowest BCUT2D eigenvalue weighted by atomic mass is 10.1. The molecule has 1 unspecified atom stereocenters. The maximum Gasteiger partial charge on any atom is 0.248 e. The van der Waals surface area contributed by atoms with Gasteiger partial charge >= 0.3 is 0 Å². The topological polar surface area (TPSA) is 82.7 Å². The van der Waals surface area contributed by atoms with Crippen LogP contribution in [0.15, 0.2) is 53.5 Å². The van der Waals surface area contributed by atoms with Gasteiger partial charge in [0.2, 0.25) is 5.91 Å². The first-order valence-corrected chi connectivity index (χ1v) is 9.22. The summed E-state index contributed by atoms with van der Waals surface area (Å²) in [7, 11) is 1.78. The van der Waals surface area contributed by atoms with Crippen molar-refractivity contribution in [1.29, 1.82) is 0 Å². The number of guanidine groups is 1. The highest BCUT2D eigenvalue weighted by Gasteiger charge is 2.23. The van der Waals surface area contributed by atoms with Gasteiger partial charge in [0, 0.05) is 44.0 Å². The molecule has 0 radical (unpaired) electrons. The molecule has 0 aromatic heterocycles. The lowest BCUT2D eigenvalue weighted by Gasteiger charge is -2.20. The third-order valence-electron chi connectivity index (χ3n) is 4.85. The van der Waals surface area contributed by atoms with Gasteiger partial charge in [-0.3, -0.25) is 9.79 Å². The second kappa shape index (κ2) is 8.58. The zero-order valence-corrected chi connectivity index (χ0v) is 15.9. The van der Waals surface area contributed by atoms with Crippen LogP contribution in [0, 0.1) is 6.92 Å². The van der Waals surface area contributed by atoms with Gasteiger partial charge in [0.1, 0.15) is 0 Å². The van der Waals surface area contributed by atoms with Crippen molar-refractivity contribution in [1.82, 2.24) is 10.6 Å². The number of rotatable bonds is 5. The Morgan fingerprint density at radius 3 is 2.52 bits per heavy atom. The Bertz CT molecular complexity index is 798. The number of carbonyl (C=O) groups is 1. The Balaban J connectivity index is 1.50. The van der Waals surface area contributed by atoms with Gasteiger partial charge in [-0.05, 0) is 43.2 Å². The fourth-order valence-corrected chi connectivity index (χ4v) is 3.23. The number of benzene rings is 2. The van der Waals surface area contributed by atoms with Crippen molar-refractivity contribution in [2.75, 3.05) is 25.0 Å². The predicted octanol–water partition coefficient (Wildman–Crippen LogP) is 2.04. The van der Waals surface area contributed by atoms with Gasteiger partial charge in [0.25, 0.3) is 0 Å². The molecule has 142 valence electrons. The van der Waals surface area contributed by atoms with Crippen LogP contribution in [0.1, 0.15) is 27.9 Å². The number of aryl methyl sites for hydroxylation is 1. The fourth-order valence-electron chi connectivity index (χ4n) is 3.23. The van der Waals surface area contributed by atoms with Crippen molar-refractivity contribution in [3.63, 3.8) is 0 Å². The SMILES string of the molecule is CN=C(NCc1ccc(C(N)=O)cc1)NC1CCN(c2ccc(C)cc2)C1. The van der Waals surface area contributed by atoms with E-state index in [2.05, 4.69) is 51.7 Å². The van der Waals surface area contributed by atoms with E-state index in [9.17, 15) is 4.79 Å². The molecule has 0 saturated carbocycles. The average molecular weight is 365 g/mol. The summed E-state index contributed by atoms with van der Waals surface area (Å²) in [5, 5.41) is 6.83. The highest BCUT2D eigenvalue weighted by atomic mass is 16.1. The van der Waals surface area contributed by atoms with Crippen molar-refractivity contribution >= 4 is 17.6 Å². The normalized spacial score (nSPS) is 17.0. The summed E-state index contributed by atoms with van der Waals surface area (Å²) < 4.78 is 0. The van der Waals surface area contributed by atoms with Crippen molar-refractivity contribution in [2.24, 2.45) is 10.7 Å². The van der Waals surface area contributed by atoms with E-state index in [0.29, 0.717) is 18.2 Å². The summed E-state index contributed by atoms with van der Waals surface area (Å²) in [6.45, 7) is 4.73. The smallest absolute Gasteiger partial charge is 0.248 e. The Morgan fingerprint density at radius 1 is 1.19 bits per heavy atom. The summed E-state index contributed by atoms with van der Waals surface area (Å²) in [4.78, 5) is 17.9. The Labute approximate surface area is 160 Å². The minimum absolute atomic E-state index is 0.356. The van der Waals surface area contributed by atoms with Gasteiger partial charge in [-0.2, -0.15) is 0 Å². The highest BCUT2D eigenvalue weighted by Crippen LogP contribution is 2.20. The molecule has 3 rings (SSSR count). The summed E-state index contributed by atoms with van der Waals surface area (Å²) in [6, 6.07) is 16.3. The van der Waals surface area contributed by atoms with E-state index in [0.717, 1.165) is 31.0 Å². The van der Waals surface area contributed by atoms with Gasteiger partial charge in [-0.15, -0.1) is 0 Å². The van der Waals surface area contributed by atoms with E-state index in [4.69, 9.17) is 5.73 Å². The lowest BCUT2D eigenvalue weighted by molar-refractivity contribution is 0.100. The van der Waals surface area contributed by atoms with E-state index in [1.807, 2.05) is 12.1 Å². The summed E-state index contributed by atoms with van der Waals surface area (Å²) in [5.41, 5.74) is 9.40. The second-order valence-corrected chi connectivity index (χ2v) is 6.90. The van der Waals surface area contributed by atoms with Crippen molar-refractivity contribution in [3.8, 4) is 0 Å². The Kier molecular flexibility index (Phi) is 5.96. The average Bonchev–Trinajstić information content (AvgIpc) is 3.14. The first-order chi connectivity index (χ1) is 13.0. The van der Waals surface area contributed by atoms with Crippen LogP contribution in [0.25, 0.3) is 0 Å². The number of hydrogen-bond donors (Lipinski definition) is 3. The van der Waals surface area contributed by atoms with Gasteiger partial charge in [-0.1, -0.05) is 29.8 Å². The molecule has 0 spiro atoms. The van der Waals surface area contributed by atoms with Crippen LogP contribution in [0.5, 0.6) is 0 Å². The molecule has 1 aliphatic heterocycles. The van der Waals surface area contributed by atoms with Crippen molar-refractivity contribution in [3.05, 3.63) is 65.2 Å². The molecule has 27 heavy (non-hydrogen) atoms. The molecule has 4 N–H and O–H groups in total. The second-order valence-electron chi connectivity index (χ2n) is 6.90. The number of primary amides is 1. The molecular weight excluding hydrogens is 338 g/mol. The first kappa shape index (κ1) is 18.8. The Morgan fingerprint density at radius 2 is 1.89 bits per heavy atom. The first-order valence-electron chi connectivity index (χ1n) is 9.22. The van der Waals surface area contributed by atoms with E-state index in [1.165, 1.54) is 11.3 Å². The standard InChI is InChI=1S/C21H27N5O/c1-15-3-9-19(10-4-15)26-12-11-18(14-26)25-21(23-2)24-13-16-5-7-17(8-6-16)20(22)27/h3-10,18H,11-14H2,1-2H3,(H2,22,27)(H2,23,24,25). The lowest BCUT2D eigenvalue weighted by Crippen LogP contribution is -2.44. The minimum Gasteiger partial charge on any atom is -0.369 e. The zero-order valence-electron chi connectivity index (χ0n) is 15.9. The molecule has 1 heterocycles. The van der Waals surface area contributed by atoms with Crippen LogP contribution in [0.2, 0.25) is 0 Å². The number of nitrogens with two attached hydrogens (primary N) is 1. The summed E-state index contributed by atoms with van der Waals surface area (Å²) >= 11 is 0. The number of amides is 1. The Hall–Kier alpha value is -3.02. The third-order valence-corrected chi connectivity index (χ3v) is 4.85. The van der Waals surface area contributed by atoms with Gasteiger partial charge < -0.3 is 21.3 Å². The third kappa shape index (κ3) is 5.00. The largest absolute Gasteiger partial charge is 0.369 e. The number of nitrogens with zero attached hydrogens (tertiary/aromatic N) is 2. The molecule has 1 fully saturated rings. The molecule has 6 heteroatoms. The molecule has 1 aliphatic rings. The van der Waals surface area contributed by atoms with Crippen LogP contribution in [-0.4, -0.2) is 38.0 Å². The number of anilines is 1. The van der Waals surface area contributed by atoms with Crippen LogP contribution in [0.4, 0.5) is 5.69 Å². The molecule has 0 aliphatic carbocycles. The van der Waals surface area contributed by atoms with Crippen LogP contribution >= 0.6 is 0 Å². The summed E-state index contributed by atoms with van der Waals surface area (Å²) in [6.07, 6.45) is 1.07. The monoisotopic (exact) mass is 365 g/mol. The van der Waals surface area contributed by atoms with Crippen LogP contribution < -0.4 is 21.3 Å². The van der Waals surface area contributed by atoms with E-state index in [1.54, 1.807) is 19.2 Å². The fraction of sp³-hybridized carbons (Fsp3) is 0.333. The van der Waals surface area contributed by atoms with E-state index < -0.39 is 5.91 Å². The van der Waals surface area contributed by atoms with Gasteiger partial charge in [0.15, 0.2) is 5.96 Å². The van der Waals surface area contributed by atoms with Gasteiger partial charge in [-0.25, -0.2) is 0 Å². The molecule has 2 aromatic rings. The molecule has 0 bridgehead atoms. The molecule has 6 nitrogen and oxygen atoms in total. The minimum atomic E-state index is -0.411. The van der Waals surface area contributed by atoms with Crippen LogP contribution in [0.3, 0.4) is 0 Å². The highest BCUT2D eigenvalue weighted by molar-refractivity contribution is 5.92. The molecule has 1 saturated heterocycles. The molecule has 1 amide bonds. The quantitative estimate of drug-likeness (QED) is 0.559. The van der Waals surface area contributed by atoms with E-state index >= 15 is 0 Å². The molecule has 1 atom stereocenters. The van der Waals surface area contributed by atoms with Gasteiger partial charge in [0.05, 0.1) is 0 Å². The zero-order chi connectivity index (χ0) is 19.2. The number of aliphatic imine (C=N–C) groups is 1. The maximum absolute atomic E-state index is 11.1. The summed E-state index contributed by atoms with van der Waals surface area (Å²) in [5.74, 6) is 0.371.